The maximum Gasteiger partial charge on any atom is 0.329 e. The zero-order valence-electron chi connectivity index (χ0n) is 13.1. The van der Waals surface area contributed by atoms with Crippen LogP contribution in [0.4, 0.5) is 4.79 Å². The van der Waals surface area contributed by atoms with E-state index in [0.29, 0.717) is 38.8 Å². The molecule has 1 saturated heterocycles. The first-order valence-corrected chi connectivity index (χ1v) is 7.29. The molecule has 7 nitrogen and oxygen atoms in total. The number of rotatable bonds is 9. The van der Waals surface area contributed by atoms with Crippen LogP contribution in [0, 0.1) is 5.92 Å². The third-order valence-electron chi connectivity index (χ3n) is 3.24. The molecule has 0 radical (unpaired) electrons. The highest BCUT2D eigenvalue weighted by Crippen LogP contribution is 2.24. The second kappa shape index (κ2) is 8.19. The van der Waals surface area contributed by atoms with Crippen LogP contribution in [0.2, 0.25) is 0 Å². The number of aliphatic carboxylic acids is 1. The lowest BCUT2D eigenvalue weighted by Gasteiger charge is -2.46. The van der Waals surface area contributed by atoms with Crippen molar-refractivity contribution < 1.29 is 24.2 Å². The Morgan fingerprint density at radius 2 is 2.00 bits per heavy atom. The molecule has 0 spiro atoms. The summed E-state index contributed by atoms with van der Waals surface area (Å²) in [6.07, 6.45) is 1.01. The summed E-state index contributed by atoms with van der Waals surface area (Å²) >= 11 is 0. The molecule has 1 fully saturated rings. The Morgan fingerprint density at radius 3 is 2.57 bits per heavy atom. The Morgan fingerprint density at radius 1 is 1.33 bits per heavy atom. The average molecular weight is 302 g/mol. The van der Waals surface area contributed by atoms with Crippen molar-refractivity contribution in [1.82, 2.24) is 10.2 Å². The van der Waals surface area contributed by atoms with Gasteiger partial charge in [-0.2, -0.15) is 0 Å². The smallest absolute Gasteiger partial charge is 0.329 e. The summed E-state index contributed by atoms with van der Waals surface area (Å²) in [5.74, 6) is -0.387. The fraction of sp³-hybridized carbons (Fsp3) is 0.857. The van der Waals surface area contributed by atoms with Crippen LogP contribution >= 0.6 is 0 Å². The van der Waals surface area contributed by atoms with Crippen LogP contribution in [-0.2, 0) is 14.3 Å². The van der Waals surface area contributed by atoms with Gasteiger partial charge in [0.15, 0.2) is 0 Å². The van der Waals surface area contributed by atoms with E-state index < -0.39 is 11.6 Å². The van der Waals surface area contributed by atoms with Gasteiger partial charge in [-0.3, -0.25) is 0 Å². The van der Waals surface area contributed by atoms with E-state index in [-0.39, 0.29) is 12.6 Å². The minimum atomic E-state index is -1.00. The van der Waals surface area contributed by atoms with Crippen LogP contribution in [0.1, 0.15) is 27.2 Å². The summed E-state index contributed by atoms with van der Waals surface area (Å²) < 4.78 is 10.7. The minimum absolute atomic E-state index is 0.168. The molecule has 21 heavy (non-hydrogen) atoms. The van der Waals surface area contributed by atoms with E-state index in [9.17, 15) is 9.59 Å². The second-order valence-electron chi connectivity index (χ2n) is 6.02. The second-order valence-corrected chi connectivity index (χ2v) is 6.02. The number of hydrogen-bond acceptors (Lipinski definition) is 4. The van der Waals surface area contributed by atoms with Crippen LogP contribution in [0.15, 0.2) is 0 Å². The van der Waals surface area contributed by atoms with Gasteiger partial charge in [-0.05, 0) is 19.3 Å². The lowest BCUT2D eigenvalue weighted by atomic mass is 9.97. The molecular formula is C14H26N2O5. The summed E-state index contributed by atoms with van der Waals surface area (Å²) in [5, 5.41) is 11.3. The molecule has 0 saturated carbocycles. The van der Waals surface area contributed by atoms with E-state index in [1.165, 1.54) is 0 Å². The third-order valence-corrected chi connectivity index (χ3v) is 3.24. The van der Waals surface area contributed by atoms with Crippen molar-refractivity contribution in [1.29, 1.82) is 0 Å². The highest BCUT2D eigenvalue weighted by Gasteiger charge is 2.42. The van der Waals surface area contributed by atoms with Gasteiger partial charge in [0, 0.05) is 13.2 Å². The van der Waals surface area contributed by atoms with Crippen molar-refractivity contribution in [2.24, 2.45) is 5.92 Å². The highest BCUT2D eigenvalue weighted by molar-refractivity contribution is 5.75. The van der Waals surface area contributed by atoms with Gasteiger partial charge in [-0.15, -0.1) is 0 Å². The lowest BCUT2D eigenvalue weighted by Crippen LogP contribution is -2.65. The largest absolute Gasteiger partial charge is 0.480 e. The molecule has 0 aromatic carbocycles. The fourth-order valence-electron chi connectivity index (χ4n) is 2.00. The minimum Gasteiger partial charge on any atom is -0.480 e. The number of urea groups is 1. The van der Waals surface area contributed by atoms with E-state index >= 15 is 0 Å². The van der Waals surface area contributed by atoms with Crippen LogP contribution in [0.3, 0.4) is 0 Å². The first-order chi connectivity index (χ1) is 9.82. The predicted molar refractivity (Wildman–Crippen MR) is 77.2 cm³/mol. The van der Waals surface area contributed by atoms with Gasteiger partial charge >= 0.3 is 12.0 Å². The summed E-state index contributed by atoms with van der Waals surface area (Å²) in [7, 11) is 0. The molecule has 1 heterocycles. The molecule has 122 valence electrons. The zero-order chi connectivity index (χ0) is 15.9. The summed E-state index contributed by atoms with van der Waals surface area (Å²) in [5.41, 5.74) is -0.552. The topological polar surface area (TPSA) is 88.1 Å². The van der Waals surface area contributed by atoms with Crippen molar-refractivity contribution in [3.63, 3.8) is 0 Å². The Balaban J connectivity index is 2.06. The van der Waals surface area contributed by atoms with Crippen LogP contribution in [-0.4, -0.2) is 67.1 Å². The van der Waals surface area contributed by atoms with Crippen LogP contribution < -0.4 is 5.32 Å². The number of amides is 2. The number of nitrogens with zero attached hydrogens (tertiary/aromatic N) is 1. The predicted octanol–water partition coefficient (Wildman–Crippen LogP) is 0.934. The standard InChI is InChI=1S/C14H26N2O5/c1-11(2)4-6-20-7-5-15-13(19)16-9-14(3,10-16)21-8-12(17)18/h11H,4-10H2,1-3H3,(H,15,19)(H,17,18). The molecule has 0 aliphatic carbocycles. The first kappa shape index (κ1) is 17.7. The van der Waals surface area contributed by atoms with E-state index in [1.807, 2.05) is 0 Å². The van der Waals surface area contributed by atoms with E-state index in [0.717, 1.165) is 6.42 Å². The maximum absolute atomic E-state index is 11.8. The molecule has 7 heteroatoms. The van der Waals surface area contributed by atoms with Gasteiger partial charge in [0.2, 0.25) is 0 Å². The van der Waals surface area contributed by atoms with Gasteiger partial charge in [-0.25, -0.2) is 9.59 Å². The molecule has 2 N–H and O–H groups in total. The van der Waals surface area contributed by atoms with Crippen molar-refractivity contribution in [3.05, 3.63) is 0 Å². The van der Waals surface area contributed by atoms with Crippen molar-refractivity contribution in [2.45, 2.75) is 32.8 Å². The number of likely N-dealkylation sites (tertiary alicyclic amines) is 1. The van der Waals surface area contributed by atoms with E-state index in [4.69, 9.17) is 14.6 Å². The molecule has 0 aromatic heterocycles. The van der Waals surface area contributed by atoms with Gasteiger partial charge in [0.25, 0.3) is 0 Å². The molecule has 1 rings (SSSR count). The Bertz CT molecular complexity index is 353. The lowest BCUT2D eigenvalue weighted by molar-refractivity contribution is -0.159. The molecule has 0 atom stereocenters. The quantitative estimate of drug-likeness (QED) is 0.619. The van der Waals surface area contributed by atoms with Crippen LogP contribution in [0.5, 0.6) is 0 Å². The average Bonchev–Trinajstić information content (AvgIpc) is 2.36. The Labute approximate surface area is 125 Å². The van der Waals surface area contributed by atoms with Crippen molar-refractivity contribution in [3.8, 4) is 0 Å². The van der Waals surface area contributed by atoms with Crippen molar-refractivity contribution >= 4 is 12.0 Å². The Kier molecular flexibility index (Phi) is 6.91. The normalized spacial score (nSPS) is 16.7. The zero-order valence-corrected chi connectivity index (χ0v) is 13.1. The molecule has 0 aromatic rings. The number of ether oxygens (including phenoxy) is 2. The maximum atomic E-state index is 11.8. The first-order valence-electron chi connectivity index (χ1n) is 7.29. The number of carbonyl (C=O) groups excluding carboxylic acids is 1. The number of carbonyl (C=O) groups is 2. The molecule has 0 unspecified atom stereocenters. The molecule has 1 aliphatic heterocycles. The van der Waals surface area contributed by atoms with E-state index in [2.05, 4.69) is 19.2 Å². The molecular weight excluding hydrogens is 276 g/mol. The highest BCUT2D eigenvalue weighted by atomic mass is 16.5. The summed E-state index contributed by atoms with van der Waals surface area (Å²) in [6, 6.07) is -0.168. The number of hydrogen-bond donors (Lipinski definition) is 2. The molecule has 2 amide bonds. The van der Waals surface area contributed by atoms with Crippen molar-refractivity contribution in [2.75, 3.05) is 39.5 Å². The summed E-state index contributed by atoms with van der Waals surface area (Å²) in [6.45, 7) is 8.22. The molecule has 0 bridgehead atoms. The summed E-state index contributed by atoms with van der Waals surface area (Å²) in [4.78, 5) is 23.8. The Hall–Kier alpha value is -1.34. The number of carboxylic acid groups (broad SMARTS) is 1. The van der Waals surface area contributed by atoms with E-state index in [1.54, 1.807) is 11.8 Å². The molecule has 1 aliphatic rings. The van der Waals surface area contributed by atoms with Crippen LogP contribution in [0.25, 0.3) is 0 Å². The van der Waals surface area contributed by atoms with Gasteiger partial charge in [0.1, 0.15) is 12.2 Å². The van der Waals surface area contributed by atoms with Gasteiger partial charge in [-0.1, -0.05) is 13.8 Å². The van der Waals surface area contributed by atoms with Gasteiger partial charge in [0.05, 0.1) is 19.7 Å². The fourth-order valence-corrected chi connectivity index (χ4v) is 2.00. The van der Waals surface area contributed by atoms with Gasteiger partial charge < -0.3 is 24.8 Å². The number of carboxylic acids is 1. The third kappa shape index (κ3) is 6.77. The SMILES string of the molecule is CC(C)CCOCCNC(=O)N1CC(C)(OCC(=O)O)C1. The monoisotopic (exact) mass is 302 g/mol. The number of nitrogens with one attached hydrogen (secondary N) is 1.